The zero-order chi connectivity index (χ0) is 19.1. The lowest BCUT2D eigenvalue weighted by Gasteiger charge is -2.08. The number of aromatic nitrogens is 2. The fourth-order valence-corrected chi connectivity index (χ4v) is 2.92. The lowest BCUT2D eigenvalue weighted by atomic mass is 10.1. The van der Waals surface area contributed by atoms with Crippen molar-refractivity contribution in [2.75, 3.05) is 13.2 Å². The Morgan fingerprint density at radius 2 is 1.81 bits per heavy atom. The lowest BCUT2D eigenvalue weighted by Crippen LogP contribution is -2.28. The number of hydrogen-bond donors (Lipinski definition) is 1. The Bertz CT molecular complexity index is 870. The number of hydrogen-bond acceptors (Lipinski definition) is 3. The highest BCUT2D eigenvalue weighted by Crippen LogP contribution is 2.14. The maximum Gasteiger partial charge on any atom is 0.220 e. The predicted octanol–water partition coefficient (Wildman–Crippen LogP) is 3.62. The average molecular weight is 363 g/mol. The summed E-state index contributed by atoms with van der Waals surface area (Å²) in [5.41, 5.74) is 4.28. The van der Waals surface area contributed by atoms with Gasteiger partial charge in [-0.05, 0) is 56.2 Å². The first-order valence-electron chi connectivity index (χ1n) is 9.19. The second-order valence-corrected chi connectivity index (χ2v) is 6.52. The summed E-state index contributed by atoms with van der Waals surface area (Å²) in [7, 11) is 0. The number of aryl methyl sites for hydroxylation is 3. The molecule has 0 bridgehead atoms. The molecule has 0 saturated heterocycles. The highest BCUT2D eigenvalue weighted by atomic mass is 16.5. The molecule has 1 amide bonds. The summed E-state index contributed by atoms with van der Waals surface area (Å²) in [4.78, 5) is 12.0. The van der Waals surface area contributed by atoms with E-state index in [-0.39, 0.29) is 5.91 Å². The first kappa shape index (κ1) is 18.7. The van der Waals surface area contributed by atoms with Gasteiger partial charge in [-0.15, -0.1) is 0 Å². The van der Waals surface area contributed by atoms with Crippen LogP contribution in [0.4, 0.5) is 0 Å². The molecule has 1 heterocycles. The Morgan fingerprint density at radius 1 is 1.07 bits per heavy atom. The van der Waals surface area contributed by atoms with E-state index in [4.69, 9.17) is 4.74 Å². The number of amides is 1. The fourth-order valence-electron chi connectivity index (χ4n) is 2.92. The molecule has 27 heavy (non-hydrogen) atoms. The molecule has 5 nitrogen and oxygen atoms in total. The molecule has 2 aromatic carbocycles. The fraction of sp³-hybridized carbons (Fsp3) is 0.273. The quantitative estimate of drug-likeness (QED) is 0.622. The number of nitrogens with one attached hydrogen (secondary N) is 1. The minimum atomic E-state index is 0.0364. The molecule has 1 aromatic heterocycles. The molecule has 0 atom stereocenters. The predicted molar refractivity (Wildman–Crippen MR) is 106 cm³/mol. The topological polar surface area (TPSA) is 56.2 Å². The minimum absolute atomic E-state index is 0.0364. The van der Waals surface area contributed by atoms with Gasteiger partial charge >= 0.3 is 0 Å². The van der Waals surface area contributed by atoms with Gasteiger partial charge < -0.3 is 10.1 Å². The largest absolute Gasteiger partial charge is 0.492 e. The van der Waals surface area contributed by atoms with Crippen LogP contribution in [0.25, 0.3) is 5.69 Å². The molecule has 1 N–H and O–H groups in total. The van der Waals surface area contributed by atoms with Crippen molar-refractivity contribution >= 4 is 5.91 Å². The first-order valence-corrected chi connectivity index (χ1v) is 9.19. The van der Waals surface area contributed by atoms with Crippen LogP contribution in [0.15, 0.2) is 60.7 Å². The maximum absolute atomic E-state index is 12.0. The Balaban J connectivity index is 1.40. The van der Waals surface area contributed by atoms with Gasteiger partial charge in [0, 0.05) is 12.1 Å². The molecule has 0 saturated carbocycles. The molecule has 0 radical (unpaired) electrons. The van der Waals surface area contributed by atoms with Crippen molar-refractivity contribution in [3.05, 3.63) is 77.6 Å². The van der Waals surface area contributed by atoms with Gasteiger partial charge in [0.25, 0.3) is 0 Å². The van der Waals surface area contributed by atoms with E-state index in [2.05, 4.69) is 28.6 Å². The zero-order valence-corrected chi connectivity index (χ0v) is 15.8. The summed E-state index contributed by atoms with van der Waals surface area (Å²) < 4.78 is 7.49. The zero-order valence-electron chi connectivity index (χ0n) is 15.8. The van der Waals surface area contributed by atoms with Gasteiger partial charge in [0.2, 0.25) is 5.91 Å². The second kappa shape index (κ2) is 9.03. The van der Waals surface area contributed by atoms with Crippen LogP contribution in [0, 0.1) is 13.8 Å². The molecule has 3 aromatic rings. The summed E-state index contributed by atoms with van der Waals surface area (Å²) in [6.07, 6.45) is 1.17. The monoisotopic (exact) mass is 363 g/mol. The summed E-state index contributed by atoms with van der Waals surface area (Å²) in [5, 5.41) is 7.38. The van der Waals surface area contributed by atoms with E-state index in [0.717, 1.165) is 28.4 Å². The van der Waals surface area contributed by atoms with Gasteiger partial charge in [-0.25, -0.2) is 4.68 Å². The molecule has 0 spiro atoms. The molecule has 0 aliphatic rings. The van der Waals surface area contributed by atoms with Crippen molar-refractivity contribution in [3.63, 3.8) is 0 Å². The Morgan fingerprint density at radius 3 is 2.48 bits per heavy atom. The van der Waals surface area contributed by atoms with Crippen LogP contribution in [-0.4, -0.2) is 28.8 Å². The number of benzene rings is 2. The maximum atomic E-state index is 12.0. The summed E-state index contributed by atoms with van der Waals surface area (Å²) >= 11 is 0. The van der Waals surface area contributed by atoms with Crippen LogP contribution < -0.4 is 10.1 Å². The van der Waals surface area contributed by atoms with E-state index in [1.165, 1.54) is 0 Å². The number of ether oxygens (including phenoxy) is 1. The van der Waals surface area contributed by atoms with Crippen molar-refractivity contribution in [3.8, 4) is 11.4 Å². The standard InChI is InChI=1S/C22H25N3O2/c1-17-16-18(2)25(24-17)20-11-8-19(9-12-20)10-13-22(26)23-14-15-27-21-6-4-3-5-7-21/h3-9,11-12,16H,10,13-15H2,1-2H3,(H,23,26). The van der Waals surface area contributed by atoms with Gasteiger partial charge in [0.05, 0.1) is 17.9 Å². The third-order valence-electron chi connectivity index (χ3n) is 4.27. The smallest absolute Gasteiger partial charge is 0.220 e. The number of nitrogens with zero attached hydrogens (tertiary/aromatic N) is 2. The number of carbonyl (C=O) groups excluding carboxylic acids is 1. The molecule has 3 rings (SSSR count). The lowest BCUT2D eigenvalue weighted by molar-refractivity contribution is -0.121. The highest BCUT2D eigenvalue weighted by Gasteiger charge is 2.05. The van der Waals surface area contributed by atoms with E-state index < -0.39 is 0 Å². The first-order chi connectivity index (χ1) is 13.1. The van der Waals surface area contributed by atoms with Crippen molar-refractivity contribution in [2.24, 2.45) is 0 Å². The average Bonchev–Trinajstić information content (AvgIpc) is 3.03. The second-order valence-electron chi connectivity index (χ2n) is 6.52. The summed E-state index contributed by atoms with van der Waals surface area (Å²) in [6.45, 7) is 5.00. The van der Waals surface area contributed by atoms with Crippen LogP contribution >= 0.6 is 0 Å². The molecular weight excluding hydrogens is 338 g/mol. The molecule has 0 aliphatic carbocycles. The van der Waals surface area contributed by atoms with E-state index in [1.807, 2.05) is 61.0 Å². The van der Waals surface area contributed by atoms with Crippen molar-refractivity contribution in [1.82, 2.24) is 15.1 Å². The van der Waals surface area contributed by atoms with E-state index >= 15 is 0 Å². The molecule has 0 fully saturated rings. The van der Waals surface area contributed by atoms with Crippen LogP contribution in [-0.2, 0) is 11.2 Å². The summed E-state index contributed by atoms with van der Waals surface area (Å²) in [5.74, 6) is 0.851. The van der Waals surface area contributed by atoms with Gasteiger partial charge in [-0.3, -0.25) is 4.79 Å². The normalized spacial score (nSPS) is 10.6. The van der Waals surface area contributed by atoms with Crippen molar-refractivity contribution < 1.29 is 9.53 Å². The van der Waals surface area contributed by atoms with Gasteiger partial charge in [-0.2, -0.15) is 5.10 Å². The molecule has 140 valence electrons. The van der Waals surface area contributed by atoms with E-state index in [0.29, 0.717) is 26.0 Å². The SMILES string of the molecule is Cc1cc(C)n(-c2ccc(CCC(=O)NCCOc3ccccc3)cc2)n1. The molecule has 5 heteroatoms. The van der Waals surface area contributed by atoms with Crippen LogP contribution in [0.3, 0.4) is 0 Å². The highest BCUT2D eigenvalue weighted by molar-refractivity contribution is 5.76. The van der Waals surface area contributed by atoms with Crippen molar-refractivity contribution in [2.45, 2.75) is 26.7 Å². The van der Waals surface area contributed by atoms with Gasteiger partial charge in [-0.1, -0.05) is 30.3 Å². The van der Waals surface area contributed by atoms with Crippen LogP contribution in [0.1, 0.15) is 23.4 Å². The summed E-state index contributed by atoms with van der Waals surface area (Å²) in [6, 6.07) is 19.8. The molecule has 0 unspecified atom stereocenters. The molecule has 0 aliphatic heterocycles. The third-order valence-corrected chi connectivity index (χ3v) is 4.27. The number of carbonyl (C=O) groups is 1. The van der Waals surface area contributed by atoms with E-state index in [9.17, 15) is 4.79 Å². The van der Waals surface area contributed by atoms with Gasteiger partial charge in [0.1, 0.15) is 12.4 Å². The Labute approximate surface area is 160 Å². The third kappa shape index (κ3) is 5.45. The minimum Gasteiger partial charge on any atom is -0.492 e. The Hall–Kier alpha value is -3.08. The van der Waals surface area contributed by atoms with Crippen LogP contribution in [0.2, 0.25) is 0 Å². The van der Waals surface area contributed by atoms with Crippen molar-refractivity contribution in [1.29, 1.82) is 0 Å². The van der Waals surface area contributed by atoms with E-state index in [1.54, 1.807) is 0 Å². The number of rotatable bonds is 8. The number of para-hydroxylation sites is 1. The Kier molecular flexibility index (Phi) is 6.26. The molecular formula is C22H25N3O2. The van der Waals surface area contributed by atoms with Gasteiger partial charge in [0.15, 0.2) is 0 Å². The van der Waals surface area contributed by atoms with Crippen LogP contribution in [0.5, 0.6) is 5.75 Å².